The molecule has 1 aliphatic heterocycles. The Bertz CT molecular complexity index is 977. The number of benzene rings is 1. The lowest BCUT2D eigenvalue weighted by Crippen LogP contribution is -2.54. The first-order chi connectivity index (χ1) is 20.7. The van der Waals surface area contributed by atoms with Crippen molar-refractivity contribution in [2.24, 2.45) is 0 Å². The van der Waals surface area contributed by atoms with Crippen molar-refractivity contribution < 1.29 is 48.8 Å². The van der Waals surface area contributed by atoms with Gasteiger partial charge in [0.05, 0.1) is 6.61 Å². The number of Topliss-reactive ketones (excluding diaryl/α,β-unsaturated/α-hetero) is 2. The maximum atomic E-state index is 12.7. The Morgan fingerprint density at radius 1 is 0.814 bits per heavy atom. The molecule has 4 unspecified atom stereocenters. The predicted molar refractivity (Wildman–Crippen MR) is 157 cm³/mol. The molecule has 11 nitrogen and oxygen atoms in total. The Morgan fingerprint density at radius 2 is 1.47 bits per heavy atom. The van der Waals surface area contributed by atoms with Crippen LogP contribution in [0, 0.1) is 0 Å². The first-order valence-corrected chi connectivity index (χ1v) is 15.4. The molecule has 1 amide bonds. The van der Waals surface area contributed by atoms with Crippen LogP contribution >= 0.6 is 0 Å². The first kappa shape index (κ1) is 38.1. The standard InChI is InChI=1S/C31H49NO8.CO2/c1-3-5-13-28(36)32(19-10-8-6-7-9-12-24(33)11-4-2)20-18-25(34)21-23-14-16-26(17-15-23)40-31-30(38)29(37)27(35)22-39-31;2-1-3/h14-17,27,29-31,35,37-38H,3-13,18-22H2,1-2H3;. The molecular formula is C32H49NO10. The van der Waals surface area contributed by atoms with Crippen molar-refractivity contribution in [2.45, 2.75) is 122 Å². The fourth-order valence-corrected chi connectivity index (χ4v) is 4.68. The summed E-state index contributed by atoms with van der Waals surface area (Å²) in [7, 11) is 0. The smallest absolute Gasteiger partial charge is 0.373 e. The minimum absolute atomic E-state index is 0.0434. The van der Waals surface area contributed by atoms with E-state index in [2.05, 4.69) is 6.92 Å². The summed E-state index contributed by atoms with van der Waals surface area (Å²) in [5, 5.41) is 29.4. The van der Waals surface area contributed by atoms with Gasteiger partial charge in [0.15, 0.2) is 0 Å². The van der Waals surface area contributed by atoms with Crippen LogP contribution in [0.2, 0.25) is 0 Å². The largest absolute Gasteiger partial charge is 0.462 e. The van der Waals surface area contributed by atoms with Gasteiger partial charge in [0.2, 0.25) is 12.2 Å². The number of amides is 1. The fraction of sp³-hybridized carbons (Fsp3) is 0.688. The summed E-state index contributed by atoms with van der Waals surface area (Å²) in [6.07, 6.45) is 5.22. The second kappa shape index (κ2) is 22.6. The highest BCUT2D eigenvalue weighted by molar-refractivity contribution is 5.82. The highest BCUT2D eigenvalue weighted by Gasteiger charge is 2.39. The minimum atomic E-state index is -1.38. The van der Waals surface area contributed by atoms with E-state index in [9.17, 15) is 29.7 Å². The van der Waals surface area contributed by atoms with Gasteiger partial charge in [-0.05, 0) is 43.4 Å². The maximum absolute atomic E-state index is 12.7. The number of carbonyl (C=O) groups is 3. The molecule has 3 N–H and O–H groups in total. The lowest BCUT2D eigenvalue weighted by molar-refractivity contribution is -0.242. The van der Waals surface area contributed by atoms with E-state index in [4.69, 9.17) is 19.1 Å². The summed E-state index contributed by atoms with van der Waals surface area (Å²) < 4.78 is 10.8. The van der Waals surface area contributed by atoms with Crippen LogP contribution in [0.4, 0.5) is 0 Å². The van der Waals surface area contributed by atoms with E-state index < -0.39 is 24.6 Å². The third-order valence-corrected chi connectivity index (χ3v) is 7.20. The number of nitrogens with zero attached hydrogens (tertiary/aromatic N) is 1. The van der Waals surface area contributed by atoms with Gasteiger partial charge in [-0.15, -0.1) is 0 Å². The summed E-state index contributed by atoms with van der Waals surface area (Å²) in [4.78, 5) is 55.2. The zero-order chi connectivity index (χ0) is 32.0. The number of unbranched alkanes of at least 4 members (excludes halogenated alkanes) is 5. The van der Waals surface area contributed by atoms with Crippen LogP contribution in [-0.4, -0.2) is 88.1 Å². The molecule has 0 saturated carbocycles. The minimum Gasteiger partial charge on any atom is -0.462 e. The lowest BCUT2D eigenvalue weighted by atomic mass is 10.0. The van der Waals surface area contributed by atoms with E-state index in [1.54, 1.807) is 24.3 Å². The molecule has 43 heavy (non-hydrogen) atoms. The molecule has 4 atom stereocenters. The quantitative estimate of drug-likeness (QED) is 0.187. The SMILES string of the molecule is CCCCC(=O)N(CCCCCCCC(=O)CCC)CCC(=O)Cc1ccc(OC2OCC(O)C(O)C2O)cc1.O=C=O. The number of hydrogen-bond donors (Lipinski definition) is 3. The number of rotatable bonds is 20. The van der Waals surface area contributed by atoms with Gasteiger partial charge in [-0.1, -0.05) is 51.7 Å². The molecular weight excluding hydrogens is 558 g/mol. The van der Waals surface area contributed by atoms with Crippen LogP contribution in [0.3, 0.4) is 0 Å². The van der Waals surface area contributed by atoms with Crippen LogP contribution in [0.1, 0.15) is 96.5 Å². The summed E-state index contributed by atoms with van der Waals surface area (Å²) in [5.74, 6) is 0.900. The predicted octanol–water partition coefficient (Wildman–Crippen LogP) is 3.15. The first-order valence-electron chi connectivity index (χ1n) is 15.4. The van der Waals surface area contributed by atoms with Gasteiger partial charge in [0.1, 0.15) is 35.6 Å². The second-order valence-corrected chi connectivity index (χ2v) is 10.9. The third-order valence-electron chi connectivity index (χ3n) is 7.20. The highest BCUT2D eigenvalue weighted by atomic mass is 16.7. The zero-order valence-electron chi connectivity index (χ0n) is 25.6. The molecule has 1 saturated heterocycles. The Labute approximate surface area is 254 Å². The zero-order valence-corrected chi connectivity index (χ0v) is 25.6. The molecule has 2 rings (SSSR count). The van der Waals surface area contributed by atoms with E-state index in [1.165, 1.54) is 0 Å². The van der Waals surface area contributed by atoms with Gasteiger partial charge in [-0.3, -0.25) is 14.4 Å². The topological polar surface area (TPSA) is 168 Å². The molecule has 0 spiro atoms. The monoisotopic (exact) mass is 607 g/mol. The normalized spacial score (nSPS) is 19.5. The van der Waals surface area contributed by atoms with Crippen molar-refractivity contribution in [1.29, 1.82) is 0 Å². The van der Waals surface area contributed by atoms with E-state index in [0.717, 1.165) is 56.9 Å². The summed E-state index contributed by atoms with van der Waals surface area (Å²) in [6.45, 7) is 5.00. The van der Waals surface area contributed by atoms with Gasteiger partial charge in [0, 0.05) is 45.2 Å². The maximum Gasteiger partial charge on any atom is 0.373 e. The Hall–Kier alpha value is -2.95. The van der Waals surface area contributed by atoms with Crippen molar-refractivity contribution in [3.8, 4) is 5.75 Å². The summed E-state index contributed by atoms with van der Waals surface area (Å²) in [6, 6.07) is 6.84. The molecule has 0 aliphatic carbocycles. The molecule has 1 fully saturated rings. The molecule has 1 aromatic carbocycles. The summed E-state index contributed by atoms with van der Waals surface area (Å²) in [5.41, 5.74) is 0.805. The number of ether oxygens (including phenoxy) is 2. The summed E-state index contributed by atoms with van der Waals surface area (Å²) >= 11 is 0. The van der Waals surface area contributed by atoms with Crippen molar-refractivity contribution in [3.05, 3.63) is 29.8 Å². The fourth-order valence-electron chi connectivity index (χ4n) is 4.68. The number of hydrogen-bond acceptors (Lipinski definition) is 10. The van der Waals surface area contributed by atoms with Crippen LogP contribution in [-0.2, 0) is 35.1 Å². The van der Waals surface area contributed by atoms with E-state index in [1.807, 2.05) is 11.8 Å². The average Bonchev–Trinajstić information content (AvgIpc) is 2.98. The number of ketones is 2. The van der Waals surface area contributed by atoms with E-state index >= 15 is 0 Å². The van der Waals surface area contributed by atoms with Crippen molar-refractivity contribution >= 4 is 23.6 Å². The molecule has 0 radical (unpaired) electrons. The van der Waals surface area contributed by atoms with E-state index in [-0.39, 0.29) is 37.3 Å². The van der Waals surface area contributed by atoms with Gasteiger partial charge >= 0.3 is 6.15 Å². The van der Waals surface area contributed by atoms with Crippen LogP contribution in [0.25, 0.3) is 0 Å². The Morgan fingerprint density at radius 3 is 2.12 bits per heavy atom. The number of aliphatic hydroxyl groups excluding tert-OH is 3. The van der Waals surface area contributed by atoms with Gasteiger partial charge < -0.3 is 29.7 Å². The van der Waals surface area contributed by atoms with Crippen molar-refractivity contribution in [1.82, 2.24) is 4.90 Å². The molecule has 1 aliphatic rings. The van der Waals surface area contributed by atoms with Crippen LogP contribution in [0.5, 0.6) is 5.75 Å². The number of carbonyl (C=O) groups excluding carboxylic acids is 5. The Kier molecular flexibility index (Phi) is 20.0. The van der Waals surface area contributed by atoms with Gasteiger partial charge in [-0.2, -0.15) is 9.59 Å². The van der Waals surface area contributed by atoms with Crippen LogP contribution in [0.15, 0.2) is 24.3 Å². The number of aliphatic hydroxyl groups is 3. The van der Waals surface area contributed by atoms with Gasteiger partial charge in [0.25, 0.3) is 0 Å². The second-order valence-electron chi connectivity index (χ2n) is 10.9. The van der Waals surface area contributed by atoms with Gasteiger partial charge in [-0.25, -0.2) is 0 Å². The molecule has 1 heterocycles. The Balaban J connectivity index is 0.00000295. The average molecular weight is 608 g/mol. The molecule has 0 bridgehead atoms. The van der Waals surface area contributed by atoms with Crippen molar-refractivity contribution in [2.75, 3.05) is 19.7 Å². The molecule has 0 aromatic heterocycles. The van der Waals surface area contributed by atoms with E-state index in [0.29, 0.717) is 43.9 Å². The third kappa shape index (κ3) is 15.9. The van der Waals surface area contributed by atoms with Crippen molar-refractivity contribution in [3.63, 3.8) is 0 Å². The van der Waals surface area contributed by atoms with Crippen LogP contribution < -0.4 is 4.74 Å². The molecule has 11 heteroatoms. The lowest BCUT2D eigenvalue weighted by Gasteiger charge is -2.34. The highest BCUT2D eigenvalue weighted by Crippen LogP contribution is 2.21. The molecule has 1 aromatic rings. The molecule has 242 valence electrons.